The fourth-order valence-corrected chi connectivity index (χ4v) is 4.81. The molecule has 1 aromatic heterocycles. The van der Waals surface area contributed by atoms with Crippen molar-refractivity contribution in [3.63, 3.8) is 0 Å². The van der Waals surface area contributed by atoms with E-state index in [1.165, 1.54) is 38.1 Å². The SMILES string of the molecule is CC(C)(OCc1cc2cc(C(F)(F)F)ccc2n1S(=O)(=O)c1ccc2c(c1)OCO2)C(=O)O. The predicted molar refractivity (Wildman–Crippen MR) is 109 cm³/mol. The molecule has 0 bridgehead atoms. The number of aliphatic carboxylic acids is 1. The Balaban J connectivity index is 1.87. The second kappa shape index (κ2) is 7.66. The number of halogens is 3. The van der Waals surface area contributed by atoms with E-state index in [4.69, 9.17) is 14.2 Å². The van der Waals surface area contributed by atoms with Gasteiger partial charge >= 0.3 is 12.1 Å². The Kier molecular flexibility index (Phi) is 5.32. The van der Waals surface area contributed by atoms with Gasteiger partial charge in [0.05, 0.1) is 28.3 Å². The number of alkyl halides is 3. The van der Waals surface area contributed by atoms with E-state index in [0.717, 1.165) is 22.2 Å². The van der Waals surface area contributed by atoms with Crippen molar-refractivity contribution in [3.05, 3.63) is 53.7 Å². The Morgan fingerprint density at radius 3 is 2.45 bits per heavy atom. The third kappa shape index (κ3) is 4.11. The van der Waals surface area contributed by atoms with Crippen molar-refractivity contribution in [2.75, 3.05) is 6.79 Å². The van der Waals surface area contributed by atoms with Crippen LogP contribution in [0.5, 0.6) is 11.5 Å². The molecule has 2 heterocycles. The Morgan fingerprint density at radius 1 is 1.09 bits per heavy atom. The monoisotopic (exact) mass is 485 g/mol. The third-order valence-corrected chi connectivity index (χ3v) is 6.90. The average Bonchev–Trinajstić information content (AvgIpc) is 3.34. The van der Waals surface area contributed by atoms with E-state index in [1.807, 2.05) is 0 Å². The van der Waals surface area contributed by atoms with Gasteiger partial charge in [-0.15, -0.1) is 0 Å². The Morgan fingerprint density at radius 2 is 1.79 bits per heavy atom. The van der Waals surface area contributed by atoms with Crippen molar-refractivity contribution in [1.29, 1.82) is 0 Å². The molecule has 0 saturated heterocycles. The molecule has 1 aliphatic rings. The smallest absolute Gasteiger partial charge is 0.416 e. The van der Waals surface area contributed by atoms with Crippen molar-refractivity contribution in [1.82, 2.24) is 3.97 Å². The summed E-state index contributed by atoms with van der Waals surface area (Å²) < 4.78 is 83.4. The van der Waals surface area contributed by atoms with E-state index in [9.17, 15) is 31.5 Å². The summed E-state index contributed by atoms with van der Waals surface area (Å²) in [5.41, 5.74) is -2.68. The van der Waals surface area contributed by atoms with Crippen LogP contribution < -0.4 is 9.47 Å². The van der Waals surface area contributed by atoms with Gasteiger partial charge in [-0.05, 0) is 50.2 Å². The number of carbonyl (C=O) groups is 1. The number of aromatic nitrogens is 1. The summed E-state index contributed by atoms with van der Waals surface area (Å²) in [7, 11) is -4.34. The maximum Gasteiger partial charge on any atom is 0.416 e. The molecule has 0 fully saturated rings. The maximum absolute atomic E-state index is 13.5. The Bertz CT molecular complexity index is 1360. The number of hydrogen-bond donors (Lipinski definition) is 1. The molecular weight excluding hydrogens is 467 g/mol. The first kappa shape index (κ1) is 22.9. The second-order valence-electron chi connectivity index (χ2n) is 7.80. The molecule has 1 N–H and O–H groups in total. The standard InChI is InChI=1S/C21H18F3NO7S/c1-20(2,19(26)27)32-10-14-8-12-7-13(21(22,23)24)3-5-16(12)25(14)33(28,29)15-4-6-17-18(9-15)31-11-30-17/h3-9H,10-11H2,1-2H3,(H,26,27). The fourth-order valence-electron chi connectivity index (χ4n) is 3.27. The first-order valence-corrected chi connectivity index (χ1v) is 11.0. The van der Waals surface area contributed by atoms with E-state index >= 15 is 0 Å². The molecule has 8 nitrogen and oxygen atoms in total. The van der Waals surface area contributed by atoms with Gasteiger partial charge in [-0.3, -0.25) is 0 Å². The lowest BCUT2D eigenvalue weighted by atomic mass is 10.1. The van der Waals surface area contributed by atoms with Gasteiger partial charge in [0.2, 0.25) is 6.79 Å². The lowest BCUT2D eigenvalue weighted by Gasteiger charge is -2.21. The van der Waals surface area contributed by atoms with E-state index in [0.29, 0.717) is 5.75 Å². The van der Waals surface area contributed by atoms with Crippen LogP contribution in [0.4, 0.5) is 13.2 Å². The molecule has 4 rings (SSSR count). The zero-order valence-electron chi connectivity index (χ0n) is 17.3. The van der Waals surface area contributed by atoms with Crippen LogP contribution in [0.2, 0.25) is 0 Å². The van der Waals surface area contributed by atoms with Gasteiger partial charge in [0.1, 0.15) is 0 Å². The number of nitrogens with zero attached hydrogens (tertiary/aromatic N) is 1. The van der Waals surface area contributed by atoms with Crippen molar-refractivity contribution in [2.24, 2.45) is 0 Å². The number of ether oxygens (including phenoxy) is 3. The maximum atomic E-state index is 13.5. The van der Waals surface area contributed by atoms with Crippen molar-refractivity contribution >= 4 is 26.9 Å². The van der Waals surface area contributed by atoms with Crippen LogP contribution in [0.15, 0.2) is 47.4 Å². The minimum atomic E-state index is -4.63. The molecule has 2 aromatic carbocycles. The van der Waals surface area contributed by atoms with E-state index in [1.54, 1.807) is 0 Å². The zero-order chi connectivity index (χ0) is 24.2. The lowest BCUT2D eigenvalue weighted by Crippen LogP contribution is -2.34. The molecule has 0 radical (unpaired) electrons. The van der Waals surface area contributed by atoms with Crippen LogP contribution in [-0.2, 0) is 32.3 Å². The quantitative estimate of drug-likeness (QED) is 0.563. The molecule has 12 heteroatoms. The van der Waals surface area contributed by atoms with Gasteiger partial charge in [0.25, 0.3) is 10.0 Å². The fraction of sp³-hybridized carbons (Fsp3) is 0.286. The van der Waals surface area contributed by atoms with Crippen LogP contribution in [0.25, 0.3) is 10.9 Å². The molecule has 176 valence electrons. The number of carboxylic acids is 1. The van der Waals surface area contributed by atoms with Crippen LogP contribution in [-0.4, -0.2) is 35.9 Å². The largest absolute Gasteiger partial charge is 0.479 e. The van der Waals surface area contributed by atoms with Crippen LogP contribution in [0.1, 0.15) is 25.1 Å². The Hall–Kier alpha value is -3.25. The second-order valence-corrected chi connectivity index (χ2v) is 9.58. The molecule has 0 atom stereocenters. The Labute approximate surface area is 186 Å². The van der Waals surface area contributed by atoms with Gasteiger partial charge < -0.3 is 19.3 Å². The number of carboxylic acid groups (broad SMARTS) is 1. The van der Waals surface area contributed by atoms with Crippen LogP contribution in [0, 0.1) is 0 Å². The van der Waals surface area contributed by atoms with Gasteiger partial charge in [-0.2, -0.15) is 13.2 Å². The van der Waals surface area contributed by atoms with E-state index < -0.39 is 39.9 Å². The number of rotatable bonds is 6. The minimum absolute atomic E-state index is 0.000810. The molecule has 1 aliphatic heterocycles. The highest BCUT2D eigenvalue weighted by Gasteiger charge is 2.33. The van der Waals surface area contributed by atoms with Crippen molar-refractivity contribution in [2.45, 2.75) is 37.1 Å². The first-order chi connectivity index (χ1) is 15.3. The van der Waals surface area contributed by atoms with Crippen molar-refractivity contribution in [3.8, 4) is 11.5 Å². The molecule has 3 aromatic rings. The highest BCUT2D eigenvalue weighted by molar-refractivity contribution is 7.90. The summed E-state index contributed by atoms with van der Waals surface area (Å²) in [5.74, 6) is -0.729. The molecule has 0 aliphatic carbocycles. The molecule has 33 heavy (non-hydrogen) atoms. The highest BCUT2D eigenvalue weighted by Crippen LogP contribution is 2.37. The third-order valence-electron chi connectivity index (χ3n) is 5.13. The molecule has 0 spiro atoms. The highest BCUT2D eigenvalue weighted by atomic mass is 32.2. The molecule has 0 unspecified atom stereocenters. The molecular formula is C21H18F3NO7S. The number of benzene rings is 2. The van der Waals surface area contributed by atoms with Gasteiger partial charge in [0, 0.05) is 11.5 Å². The normalized spacial score (nSPS) is 14.1. The average molecular weight is 485 g/mol. The van der Waals surface area contributed by atoms with E-state index in [-0.39, 0.29) is 34.0 Å². The summed E-state index contributed by atoms with van der Waals surface area (Å²) in [4.78, 5) is 11.2. The van der Waals surface area contributed by atoms with Gasteiger partial charge in [-0.1, -0.05) is 0 Å². The van der Waals surface area contributed by atoms with Gasteiger partial charge in [0.15, 0.2) is 17.1 Å². The van der Waals surface area contributed by atoms with E-state index in [2.05, 4.69) is 0 Å². The molecule has 0 amide bonds. The topological polar surface area (TPSA) is 104 Å². The van der Waals surface area contributed by atoms with Crippen LogP contribution >= 0.6 is 0 Å². The number of fused-ring (bicyclic) bond motifs is 2. The predicted octanol–water partition coefficient (Wildman–Crippen LogP) is 4.01. The lowest BCUT2D eigenvalue weighted by molar-refractivity contribution is -0.162. The number of hydrogen-bond acceptors (Lipinski definition) is 6. The summed E-state index contributed by atoms with van der Waals surface area (Å²) in [5, 5.41) is 9.28. The molecule has 0 saturated carbocycles. The van der Waals surface area contributed by atoms with Gasteiger partial charge in [-0.25, -0.2) is 17.2 Å². The summed E-state index contributed by atoms with van der Waals surface area (Å²) in [6.07, 6.45) is -4.63. The summed E-state index contributed by atoms with van der Waals surface area (Å²) >= 11 is 0. The summed E-state index contributed by atoms with van der Waals surface area (Å²) in [6.45, 7) is 1.99. The summed E-state index contributed by atoms with van der Waals surface area (Å²) in [6, 6.07) is 7.82. The first-order valence-electron chi connectivity index (χ1n) is 9.55. The van der Waals surface area contributed by atoms with Crippen LogP contribution in [0.3, 0.4) is 0 Å². The van der Waals surface area contributed by atoms with Crippen molar-refractivity contribution < 1.29 is 45.7 Å². The minimum Gasteiger partial charge on any atom is -0.479 e. The zero-order valence-corrected chi connectivity index (χ0v) is 18.2.